The Bertz CT molecular complexity index is 331. The number of rotatable bonds is 5. The molecule has 3 heteroatoms. The molecule has 3 aliphatic rings. The van der Waals surface area contributed by atoms with Gasteiger partial charge in [-0.3, -0.25) is 4.79 Å². The van der Waals surface area contributed by atoms with Gasteiger partial charge in [0.1, 0.15) is 0 Å². The molecule has 3 fully saturated rings. The first kappa shape index (κ1) is 13.4. The van der Waals surface area contributed by atoms with E-state index < -0.39 is 0 Å². The summed E-state index contributed by atoms with van der Waals surface area (Å²) in [4.78, 5) is 12.1. The normalized spacial score (nSPS) is 40.8. The van der Waals surface area contributed by atoms with Crippen molar-refractivity contribution in [2.24, 2.45) is 35.3 Å². The summed E-state index contributed by atoms with van der Waals surface area (Å²) in [6.45, 7) is 1.65. The highest BCUT2D eigenvalue weighted by Crippen LogP contribution is 2.49. The average molecular weight is 264 g/mol. The maximum Gasteiger partial charge on any atom is 0.220 e. The minimum Gasteiger partial charge on any atom is -0.356 e. The first-order chi connectivity index (χ1) is 9.26. The van der Waals surface area contributed by atoms with Crippen LogP contribution in [0.2, 0.25) is 0 Å². The second-order valence-corrected chi connectivity index (χ2v) is 7.13. The Morgan fingerprint density at radius 2 is 1.89 bits per heavy atom. The fourth-order valence-corrected chi connectivity index (χ4v) is 4.87. The van der Waals surface area contributed by atoms with Gasteiger partial charge in [0.15, 0.2) is 0 Å². The van der Waals surface area contributed by atoms with Crippen LogP contribution in [0.15, 0.2) is 0 Å². The lowest BCUT2D eigenvalue weighted by atomic mass is 9.86. The number of carbonyl (C=O) groups excluding carboxylic acids is 1. The summed E-state index contributed by atoms with van der Waals surface area (Å²) < 4.78 is 0. The zero-order valence-electron chi connectivity index (χ0n) is 11.9. The molecule has 0 radical (unpaired) electrons. The fraction of sp³-hybridized carbons (Fsp3) is 0.938. The van der Waals surface area contributed by atoms with Crippen LogP contribution in [0.4, 0.5) is 0 Å². The van der Waals surface area contributed by atoms with Crippen molar-refractivity contribution in [2.45, 2.75) is 51.4 Å². The SMILES string of the molecule is NCC1CCCC1CNC(=O)CC1CC2CCC1C2. The van der Waals surface area contributed by atoms with Crippen molar-refractivity contribution in [3.63, 3.8) is 0 Å². The van der Waals surface area contributed by atoms with Gasteiger partial charge in [0, 0.05) is 13.0 Å². The van der Waals surface area contributed by atoms with Gasteiger partial charge in [-0.2, -0.15) is 0 Å². The maximum atomic E-state index is 12.1. The lowest BCUT2D eigenvalue weighted by molar-refractivity contribution is -0.122. The molecule has 19 heavy (non-hydrogen) atoms. The van der Waals surface area contributed by atoms with E-state index in [1.165, 1.54) is 44.9 Å². The molecule has 3 N–H and O–H groups in total. The molecule has 0 aliphatic heterocycles. The second kappa shape index (κ2) is 5.82. The zero-order chi connectivity index (χ0) is 13.2. The molecule has 0 aromatic carbocycles. The zero-order valence-corrected chi connectivity index (χ0v) is 11.9. The monoisotopic (exact) mass is 264 g/mol. The molecule has 3 rings (SSSR count). The molecule has 3 aliphatic carbocycles. The molecule has 1 amide bonds. The summed E-state index contributed by atoms with van der Waals surface area (Å²) in [5, 5.41) is 3.18. The van der Waals surface area contributed by atoms with E-state index in [4.69, 9.17) is 5.73 Å². The molecule has 0 spiro atoms. The highest BCUT2D eigenvalue weighted by Gasteiger charge is 2.40. The molecule has 2 bridgehead atoms. The fourth-order valence-electron chi connectivity index (χ4n) is 4.87. The van der Waals surface area contributed by atoms with Crippen LogP contribution in [0.5, 0.6) is 0 Å². The minimum atomic E-state index is 0.292. The van der Waals surface area contributed by atoms with Gasteiger partial charge in [0.25, 0.3) is 0 Å². The van der Waals surface area contributed by atoms with Gasteiger partial charge < -0.3 is 11.1 Å². The quantitative estimate of drug-likeness (QED) is 0.800. The van der Waals surface area contributed by atoms with Crippen molar-refractivity contribution in [3.05, 3.63) is 0 Å². The topological polar surface area (TPSA) is 55.1 Å². The molecule has 0 saturated heterocycles. The van der Waals surface area contributed by atoms with Gasteiger partial charge in [-0.1, -0.05) is 12.8 Å². The standard InChI is InChI=1S/C16H28N2O/c17-9-13-2-1-3-14(13)10-18-16(19)8-15-7-11-4-5-12(15)6-11/h11-15H,1-10,17H2,(H,18,19). The molecule has 3 saturated carbocycles. The van der Waals surface area contributed by atoms with Crippen molar-refractivity contribution >= 4 is 5.91 Å². The summed E-state index contributed by atoms with van der Waals surface area (Å²) in [6.07, 6.45) is 10.1. The average Bonchev–Trinajstić information content (AvgIpc) is 3.11. The van der Waals surface area contributed by atoms with Crippen LogP contribution in [0.25, 0.3) is 0 Å². The molecule has 5 atom stereocenters. The first-order valence-corrected chi connectivity index (χ1v) is 8.23. The Balaban J connectivity index is 1.39. The van der Waals surface area contributed by atoms with E-state index in [0.717, 1.165) is 31.3 Å². The Morgan fingerprint density at radius 3 is 2.58 bits per heavy atom. The number of amides is 1. The lowest BCUT2D eigenvalue weighted by Crippen LogP contribution is -2.34. The van der Waals surface area contributed by atoms with Crippen LogP contribution in [0.1, 0.15) is 51.4 Å². The van der Waals surface area contributed by atoms with Crippen LogP contribution in [-0.2, 0) is 4.79 Å². The summed E-state index contributed by atoms with van der Waals surface area (Å²) in [5.41, 5.74) is 5.79. The van der Waals surface area contributed by atoms with Crippen molar-refractivity contribution in [2.75, 3.05) is 13.1 Å². The number of hydrogen-bond acceptors (Lipinski definition) is 2. The Kier molecular flexibility index (Phi) is 4.11. The van der Waals surface area contributed by atoms with Crippen LogP contribution < -0.4 is 11.1 Å². The summed E-state index contributed by atoms with van der Waals surface area (Å²) in [5.74, 6) is 4.06. The maximum absolute atomic E-state index is 12.1. The Morgan fingerprint density at radius 1 is 1.05 bits per heavy atom. The minimum absolute atomic E-state index is 0.292. The smallest absolute Gasteiger partial charge is 0.220 e. The van der Waals surface area contributed by atoms with Crippen molar-refractivity contribution < 1.29 is 4.79 Å². The van der Waals surface area contributed by atoms with E-state index in [9.17, 15) is 4.79 Å². The Labute approximate surface area is 116 Å². The summed E-state index contributed by atoms with van der Waals surface area (Å²) in [7, 11) is 0. The van der Waals surface area contributed by atoms with E-state index in [2.05, 4.69) is 5.32 Å². The van der Waals surface area contributed by atoms with Gasteiger partial charge in [0.2, 0.25) is 5.91 Å². The van der Waals surface area contributed by atoms with Gasteiger partial charge in [-0.15, -0.1) is 0 Å². The molecular weight excluding hydrogens is 236 g/mol. The number of nitrogens with one attached hydrogen (secondary N) is 1. The lowest BCUT2D eigenvalue weighted by Gasteiger charge is -2.22. The molecule has 0 aromatic heterocycles. The predicted octanol–water partition coefficient (Wildman–Crippen LogP) is 2.30. The van der Waals surface area contributed by atoms with Crippen molar-refractivity contribution in [3.8, 4) is 0 Å². The Hall–Kier alpha value is -0.570. The van der Waals surface area contributed by atoms with Gasteiger partial charge in [0.05, 0.1) is 0 Å². The molecule has 0 heterocycles. The van der Waals surface area contributed by atoms with E-state index in [-0.39, 0.29) is 0 Å². The molecular formula is C16H28N2O. The highest BCUT2D eigenvalue weighted by atomic mass is 16.1. The highest BCUT2D eigenvalue weighted by molar-refractivity contribution is 5.76. The van der Waals surface area contributed by atoms with Crippen LogP contribution >= 0.6 is 0 Å². The van der Waals surface area contributed by atoms with E-state index in [1.54, 1.807) is 0 Å². The second-order valence-electron chi connectivity index (χ2n) is 7.13. The van der Waals surface area contributed by atoms with E-state index in [0.29, 0.717) is 23.7 Å². The third kappa shape index (κ3) is 2.96. The summed E-state index contributed by atoms with van der Waals surface area (Å²) in [6, 6.07) is 0. The number of carbonyl (C=O) groups is 1. The predicted molar refractivity (Wildman–Crippen MR) is 76.5 cm³/mol. The number of fused-ring (bicyclic) bond motifs is 2. The molecule has 108 valence electrons. The third-order valence-corrected chi connectivity index (χ3v) is 6.01. The largest absolute Gasteiger partial charge is 0.356 e. The van der Waals surface area contributed by atoms with E-state index in [1.807, 2.05) is 0 Å². The van der Waals surface area contributed by atoms with E-state index >= 15 is 0 Å². The van der Waals surface area contributed by atoms with Crippen LogP contribution in [-0.4, -0.2) is 19.0 Å². The van der Waals surface area contributed by atoms with Gasteiger partial charge in [-0.05, 0) is 68.2 Å². The van der Waals surface area contributed by atoms with Crippen LogP contribution in [0.3, 0.4) is 0 Å². The van der Waals surface area contributed by atoms with Gasteiger partial charge in [-0.25, -0.2) is 0 Å². The van der Waals surface area contributed by atoms with Crippen molar-refractivity contribution in [1.82, 2.24) is 5.32 Å². The third-order valence-electron chi connectivity index (χ3n) is 6.01. The number of nitrogens with two attached hydrogens (primary N) is 1. The van der Waals surface area contributed by atoms with Gasteiger partial charge >= 0.3 is 0 Å². The first-order valence-electron chi connectivity index (χ1n) is 8.23. The molecule has 0 aromatic rings. The van der Waals surface area contributed by atoms with Crippen molar-refractivity contribution in [1.29, 1.82) is 0 Å². The molecule has 5 unspecified atom stereocenters. The number of hydrogen-bond donors (Lipinski definition) is 2. The summed E-state index contributed by atoms with van der Waals surface area (Å²) >= 11 is 0. The molecule has 3 nitrogen and oxygen atoms in total. The van der Waals surface area contributed by atoms with Crippen LogP contribution in [0, 0.1) is 29.6 Å².